The fourth-order valence-corrected chi connectivity index (χ4v) is 5.95. The number of aliphatic hydroxyl groups is 1. The number of pyridine rings is 1. The first-order chi connectivity index (χ1) is 19.3. The predicted molar refractivity (Wildman–Crippen MR) is 159 cm³/mol. The van der Waals surface area contributed by atoms with E-state index in [0.29, 0.717) is 16.8 Å². The maximum Gasteiger partial charge on any atom is 0.394 e. The van der Waals surface area contributed by atoms with Crippen molar-refractivity contribution in [3.8, 4) is 11.3 Å². The molecule has 1 radical (unpaired) electrons. The number of hydrogen-bond donors (Lipinski definition) is 1. The number of rotatable bonds is 6. The summed E-state index contributed by atoms with van der Waals surface area (Å²) < 4.78 is 39.8. The maximum atomic E-state index is 13.3. The summed E-state index contributed by atoms with van der Waals surface area (Å²) in [7, 11) is 0. The van der Waals surface area contributed by atoms with Gasteiger partial charge in [-0.3, -0.25) is 9.78 Å². The normalized spacial score (nSPS) is 16.7. The van der Waals surface area contributed by atoms with Crippen molar-refractivity contribution in [3.63, 3.8) is 0 Å². The average Bonchev–Trinajstić information content (AvgIpc) is 3.63. The summed E-state index contributed by atoms with van der Waals surface area (Å²) >= 11 is 0. The first-order valence-corrected chi connectivity index (χ1v) is 14.7. The number of carbonyl (C=O) groups is 1. The summed E-state index contributed by atoms with van der Waals surface area (Å²) in [4.78, 5) is 16.4. The van der Waals surface area contributed by atoms with Crippen LogP contribution in [0.1, 0.15) is 81.9 Å². The summed E-state index contributed by atoms with van der Waals surface area (Å²) in [6.07, 6.45) is 6.08. The van der Waals surface area contributed by atoms with Gasteiger partial charge in [-0.15, -0.1) is 34.9 Å². The van der Waals surface area contributed by atoms with Gasteiger partial charge in [0.05, 0.1) is 16.7 Å². The van der Waals surface area contributed by atoms with Crippen LogP contribution >= 0.6 is 0 Å². The molecule has 0 amide bonds. The Balaban J connectivity index is 0.000000258. The van der Waals surface area contributed by atoms with E-state index in [-0.39, 0.29) is 44.1 Å². The van der Waals surface area contributed by atoms with Crippen molar-refractivity contribution in [2.24, 2.45) is 17.3 Å². The first-order valence-electron chi connectivity index (χ1n) is 14.7. The molecule has 229 valence electrons. The third-order valence-electron chi connectivity index (χ3n) is 8.47. The molecule has 1 heterocycles. The van der Waals surface area contributed by atoms with Gasteiger partial charge < -0.3 is 5.11 Å². The van der Waals surface area contributed by atoms with Gasteiger partial charge in [-0.05, 0) is 49.4 Å². The minimum absolute atomic E-state index is 0. The van der Waals surface area contributed by atoms with E-state index in [4.69, 9.17) is 0 Å². The molecule has 2 aromatic carbocycles. The molecule has 1 aromatic heterocycles. The Morgan fingerprint density at radius 2 is 1.60 bits per heavy atom. The van der Waals surface area contributed by atoms with Gasteiger partial charge >= 0.3 is 6.18 Å². The van der Waals surface area contributed by atoms with Crippen molar-refractivity contribution in [2.45, 2.75) is 91.7 Å². The van der Waals surface area contributed by atoms with Crippen LogP contribution in [0.4, 0.5) is 13.2 Å². The molecule has 0 spiro atoms. The van der Waals surface area contributed by atoms with Gasteiger partial charge in [-0.2, -0.15) is 13.2 Å². The van der Waals surface area contributed by atoms with Crippen LogP contribution < -0.4 is 0 Å². The SMILES string of the molecule is Cc1[c-]c(-c2ccc3c(CC(C)(C)C(F)(F)F)cccc3n2)cc(C)c1.O=C(/C=C(\O)C1CCCC1)C1CCCC1.[Ir]. The molecule has 1 N–H and O–H groups in total. The minimum atomic E-state index is -4.25. The van der Waals surface area contributed by atoms with Gasteiger partial charge in [0.15, 0.2) is 5.78 Å². The van der Waals surface area contributed by atoms with Crippen molar-refractivity contribution < 1.29 is 43.2 Å². The molecule has 2 fully saturated rings. The topological polar surface area (TPSA) is 50.2 Å². The molecule has 2 aliphatic carbocycles. The zero-order chi connectivity index (χ0) is 29.8. The van der Waals surface area contributed by atoms with E-state index >= 15 is 0 Å². The third kappa shape index (κ3) is 8.54. The van der Waals surface area contributed by atoms with Crippen LogP contribution in [0, 0.1) is 37.2 Å². The molecule has 0 unspecified atom stereocenters. The second-order valence-electron chi connectivity index (χ2n) is 12.4. The Bertz CT molecular complexity index is 1380. The van der Waals surface area contributed by atoms with Crippen molar-refractivity contribution in [2.75, 3.05) is 0 Å². The summed E-state index contributed by atoms with van der Waals surface area (Å²) in [5.41, 5.74) is 3.39. The zero-order valence-electron chi connectivity index (χ0n) is 24.9. The van der Waals surface area contributed by atoms with Crippen LogP contribution in [0.15, 0.2) is 54.3 Å². The molecule has 0 bridgehead atoms. The molecule has 5 rings (SSSR count). The van der Waals surface area contributed by atoms with E-state index in [9.17, 15) is 23.1 Å². The molecule has 3 aromatic rings. The van der Waals surface area contributed by atoms with Gasteiger partial charge in [-0.25, -0.2) is 0 Å². The van der Waals surface area contributed by atoms with Crippen molar-refractivity contribution in [3.05, 3.63) is 77.1 Å². The molecule has 42 heavy (non-hydrogen) atoms. The summed E-state index contributed by atoms with van der Waals surface area (Å²) in [5, 5.41) is 10.6. The molecule has 0 atom stereocenters. The third-order valence-corrected chi connectivity index (χ3v) is 8.47. The van der Waals surface area contributed by atoms with E-state index in [0.717, 1.165) is 53.5 Å². The monoisotopic (exact) mass is 757 g/mol. The number of halogens is 3. The minimum Gasteiger partial charge on any atom is -0.512 e. The molecular formula is C35H41F3IrNO2-. The smallest absolute Gasteiger partial charge is 0.394 e. The number of aromatic nitrogens is 1. The molecule has 3 nitrogen and oxygen atoms in total. The van der Waals surface area contributed by atoms with Gasteiger partial charge in [0.25, 0.3) is 0 Å². The number of aliphatic hydroxyl groups excluding tert-OH is 1. The zero-order valence-corrected chi connectivity index (χ0v) is 27.3. The Morgan fingerprint density at radius 3 is 2.19 bits per heavy atom. The van der Waals surface area contributed by atoms with Crippen LogP contribution in [-0.4, -0.2) is 22.1 Å². The largest absolute Gasteiger partial charge is 0.512 e. The molecule has 2 saturated carbocycles. The number of allylic oxidation sites excluding steroid dienone is 2. The van der Waals surface area contributed by atoms with E-state index in [1.54, 1.807) is 12.1 Å². The van der Waals surface area contributed by atoms with E-state index in [1.165, 1.54) is 45.6 Å². The molecule has 0 saturated heterocycles. The van der Waals surface area contributed by atoms with Crippen LogP contribution in [0.5, 0.6) is 0 Å². The van der Waals surface area contributed by atoms with E-state index < -0.39 is 11.6 Å². The summed E-state index contributed by atoms with van der Waals surface area (Å²) in [5.74, 6) is 0.991. The van der Waals surface area contributed by atoms with Crippen molar-refractivity contribution in [1.82, 2.24) is 4.98 Å². The van der Waals surface area contributed by atoms with Gasteiger partial charge in [-0.1, -0.05) is 77.6 Å². The predicted octanol–water partition coefficient (Wildman–Crippen LogP) is 9.83. The summed E-state index contributed by atoms with van der Waals surface area (Å²) in [6.45, 7) is 6.47. The molecule has 0 aliphatic heterocycles. The second kappa shape index (κ2) is 14.3. The fraction of sp³-hybridized carbons (Fsp3) is 0.486. The van der Waals surface area contributed by atoms with E-state index in [2.05, 4.69) is 11.1 Å². The number of hydrogen-bond acceptors (Lipinski definition) is 3. The number of aryl methyl sites for hydroxylation is 2. The Morgan fingerprint density at radius 1 is 0.976 bits per heavy atom. The first kappa shape index (κ1) is 34.0. The van der Waals surface area contributed by atoms with Gasteiger partial charge in [0.2, 0.25) is 0 Å². The molecule has 2 aliphatic rings. The van der Waals surface area contributed by atoms with Crippen LogP contribution in [0.25, 0.3) is 22.2 Å². The average molecular weight is 757 g/mol. The number of carbonyl (C=O) groups excluding carboxylic acids is 1. The van der Waals surface area contributed by atoms with Gasteiger partial charge in [0.1, 0.15) is 0 Å². The number of ketones is 1. The number of nitrogens with zero attached hydrogens (tertiary/aromatic N) is 1. The summed E-state index contributed by atoms with van der Waals surface area (Å²) in [6, 6.07) is 16.4. The van der Waals surface area contributed by atoms with Crippen LogP contribution in [0.3, 0.4) is 0 Å². The Kier molecular flexibility index (Phi) is 11.6. The Labute approximate surface area is 261 Å². The van der Waals surface area contributed by atoms with Crippen LogP contribution in [-0.2, 0) is 31.3 Å². The number of alkyl halides is 3. The van der Waals surface area contributed by atoms with Gasteiger partial charge in [0, 0.05) is 43.4 Å². The second-order valence-corrected chi connectivity index (χ2v) is 12.4. The number of benzene rings is 2. The standard InChI is InChI=1S/C22H21F3N.C13H20O2.Ir/c1-14-10-15(2)12-17(11-14)19-9-8-18-16(6-5-7-20(18)26-19)13-21(3,4)22(23,24)25;14-12(10-5-1-2-6-10)9-13(15)11-7-3-4-8-11;/h5-11H,13H2,1-4H3;9-11,14H,1-8H2;/q-1;;/b;12-9-;. The number of fused-ring (bicyclic) bond motifs is 1. The van der Waals surface area contributed by atoms with Crippen molar-refractivity contribution in [1.29, 1.82) is 0 Å². The molecule has 7 heteroatoms. The van der Waals surface area contributed by atoms with Crippen molar-refractivity contribution >= 4 is 16.7 Å². The maximum absolute atomic E-state index is 13.3. The Hall–Kier alpha value is -2.50. The fourth-order valence-electron chi connectivity index (χ4n) is 5.95. The quantitative estimate of drug-likeness (QED) is 0.155. The molecular weight excluding hydrogens is 716 g/mol. The van der Waals surface area contributed by atoms with E-state index in [1.807, 2.05) is 44.2 Å². The van der Waals surface area contributed by atoms with Crippen LogP contribution in [0.2, 0.25) is 0 Å².